The van der Waals surface area contributed by atoms with Gasteiger partial charge in [-0.25, -0.2) is 0 Å². The Balaban J connectivity index is 1.00. The van der Waals surface area contributed by atoms with E-state index in [1.165, 1.54) is 74.6 Å². The maximum atomic E-state index is 2.41. The molecule has 0 aliphatic rings. The standard InChI is InChI=1S/C50H32N2S/c1-3-13-40-35(10-1)12-9-18-45(40)51(39-29-31-49-44(32-39)42-15-6-8-19-48(42)53-49)37-25-20-33(21-26-37)34-22-27-38(28-23-34)52-46-17-7-5-16-43(46)50-41-14-4-2-11-36(41)24-30-47(50)52/h1-32H. The smallest absolute Gasteiger partial charge is 0.0547 e. The Bertz CT molecular complexity index is 3160. The highest BCUT2D eigenvalue weighted by molar-refractivity contribution is 7.25. The van der Waals surface area contributed by atoms with Crippen molar-refractivity contribution in [2.75, 3.05) is 4.90 Å². The molecule has 0 aliphatic heterocycles. The predicted molar refractivity (Wildman–Crippen MR) is 229 cm³/mol. The van der Waals surface area contributed by atoms with Gasteiger partial charge in [0.05, 0.1) is 16.7 Å². The zero-order valence-corrected chi connectivity index (χ0v) is 29.6. The fraction of sp³-hybridized carbons (Fsp3) is 0. The number of para-hydroxylation sites is 1. The van der Waals surface area contributed by atoms with Crippen molar-refractivity contribution in [3.05, 3.63) is 194 Å². The van der Waals surface area contributed by atoms with Crippen molar-refractivity contribution < 1.29 is 0 Å². The molecule has 11 rings (SSSR count). The second-order valence-electron chi connectivity index (χ2n) is 13.7. The fourth-order valence-electron chi connectivity index (χ4n) is 8.31. The normalized spacial score (nSPS) is 11.8. The number of rotatable bonds is 5. The summed E-state index contributed by atoms with van der Waals surface area (Å²) in [4.78, 5) is 2.41. The van der Waals surface area contributed by atoms with E-state index in [0.717, 1.165) is 22.7 Å². The van der Waals surface area contributed by atoms with E-state index in [9.17, 15) is 0 Å². The molecule has 0 radical (unpaired) electrons. The Kier molecular flexibility index (Phi) is 6.76. The molecule has 248 valence electrons. The summed E-state index contributed by atoms with van der Waals surface area (Å²) < 4.78 is 5.03. The number of thiophene rings is 1. The van der Waals surface area contributed by atoms with Crippen molar-refractivity contribution in [1.29, 1.82) is 0 Å². The highest BCUT2D eigenvalue weighted by atomic mass is 32.1. The van der Waals surface area contributed by atoms with Crippen LogP contribution in [0.15, 0.2) is 194 Å². The SMILES string of the molecule is c1ccc2c(N(c3ccc(-c4ccc(-n5c6ccccc6c6c7ccccc7ccc65)cc4)cc3)c3ccc4sc5ccccc5c4c3)cccc2c1. The van der Waals surface area contributed by atoms with Crippen LogP contribution in [0.5, 0.6) is 0 Å². The van der Waals surface area contributed by atoms with E-state index < -0.39 is 0 Å². The largest absolute Gasteiger partial charge is 0.310 e. The maximum absolute atomic E-state index is 2.41. The third-order valence-electron chi connectivity index (χ3n) is 10.8. The van der Waals surface area contributed by atoms with Crippen LogP contribution < -0.4 is 4.90 Å². The minimum absolute atomic E-state index is 1.12. The van der Waals surface area contributed by atoms with Gasteiger partial charge < -0.3 is 9.47 Å². The Labute approximate surface area is 311 Å². The average Bonchev–Trinajstić information content (AvgIpc) is 3.77. The van der Waals surface area contributed by atoms with Crippen LogP contribution in [0.25, 0.3) is 80.3 Å². The molecule has 0 aliphatic carbocycles. The molecule has 3 heteroatoms. The van der Waals surface area contributed by atoms with Gasteiger partial charge in [0.25, 0.3) is 0 Å². The summed E-state index contributed by atoms with van der Waals surface area (Å²) in [7, 11) is 0. The van der Waals surface area contributed by atoms with Crippen LogP contribution in [-0.4, -0.2) is 4.57 Å². The van der Waals surface area contributed by atoms with Crippen molar-refractivity contribution in [2.45, 2.75) is 0 Å². The van der Waals surface area contributed by atoms with E-state index in [-0.39, 0.29) is 0 Å². The molecule has 0 saturated carbocycles. The van der Waals surface area contributed by atoms with Gasteiger partial charge in [-0.05, 0) is 94.0 Å². The number of hydrogen-bond acceptors (Lipinski definition) is 2. The molecule has 11 aromatic rings. The molecule has 9 aromatic carbocycles. The van der Waals surface area contributed by atoms with Crippen molar-refractivity contribution in [3.63, 3.8) is 0 Å². The average molecular weight is 693 g/mol. The molecule has 0 fully saturated rings. The van der Waals surface area contributed by atoms with Crippen LogP contribution in [0, 0.1) is 0 Å². The summed E-state index contributed by atoms with van der Waals surface area (Å²) >= 11 is 1.86. The topological polar surface area (TPSA) is 8.17 Å². The van der Waals surface area contributed by atoms with E-state index >= 15 is 0 Å². The van der Waals surface area contributed by atoms with E-state index in [1.807, 2.05) is 11.3 Å². The van der Waals surface area contributed by atoms with Crippen LogP contribution >= 0.6 is 11.3 Å². The lowest BCUT2D eigenvalue weighted by Gasteiger charge is -2.27. The lowest BCUT2D eigenvalue weighted by atomic mass is 10.0. The molecule has 53 heavy (non-hydrogen) atoms. The molecule has 0 unspecified atom stereocenters. The summed E-state index contributed by atoms with van der Waals surface area (Å²) in [6.45, 7) is 0. The highest BCUT2D eigenvalue weighted by Gasteiger charge is 2.18. The van der Waals surface area contributed by atoms with Gasteiger partial charge in [-0.2, -0.15) is 0 Å². The van der Waals surface area contributed by atoms with Gasteiger partial charge in [-0.1, -0.05) is 127 Å². The summed E-state index contributed by atoms with van der Waals surface area (Å²) in [5, 5.41) is 10.2. The molecule has 0 bridgehead atoms. The summed E-state index contributed by atoms with van der Waals surface area (Å²) in [5.41, 5.74) is 9.41. The molecule has 2 heterocycles. The van der Waals surface area contributed by atoms with E-state index in [0.29, 0.717) is 0 Å². The van der Waals surface area contributed by atoms with Crippen LogP contribution in [-0.2, 0) is 0 Å². The third kappa shape index (κ3) is 4.78. The Morgan fingerprint density at radius 3 is 1.79 bits per heavy atom. The second kappa shape index (κ2) is 11.9. The van der Waals surface area contributed by atoms with Gasteiger partial charge in [-0.3, -0.25) is 0 Å². The molecule has 0 saturated heterocycles. The number of hydrogen-bond donors (Lipinski definition) is 0. The molecule has 2 aromatic heterocycles. The monoisotopic (exact) mass is 692 g/mol. The zero-order chi connectivity index (χ0) is 34.9. The van der Waals surface area contributed by atoms with Crippen LogP contribution in [0.1, 0.15) is 0 Å². The zero-order valence-electron chi connectivity index (χ0n) is 28.8. The van der Waals surface area contributed by atoms with Gasteiger partial charge in [0.2, 0.25) is 0 Å². The summed E-state index contributed by atoms with van der Waals surface area (Å²) in [6.07, 6.45) is 0. The van der Waals surface area contributed by atoms with Crippen molar-refractivity contribution in [2.24, 2.45) is 0 Å². The van der Waals surface area contributed by atoms with Crippen molar-refractivity contribution in [1.82, 2.24) is 4.57 Å². The van der Waals surface area contributed by atoms with Crippen molar-refractivity contribution >= 4 is 91.9 Å². The van der Waals surface area contributed by atoms with Gasteiger partial charge in [-0.15, -0.1) is 11.3 Å². The van der Waals surface area contributed by atoms with Gasteiger partial charge in [0.15, 0.2) is 0 Å². The Morgan fingerprint density at radius 1 is 0.377 bits per heavy atom. The molecule has 0 amide bonds. The van der Waals surface area contributed by atoms with E-state index in [1.54, 1.807) is 0 Å². The summed E-state index contributed by atoms with van der Waals surface area (Å²) in [5.74, 6) is 0. The number of benzene rings is 9. The summed E-state index contributed by atoms with van der Waals surface area (Å²) in [6, 6.07) is 70.9. The first-order valence-corrected chi connectivity index (χ1v) is 18.9. The third-order valence-corrected chi connectivity index (χ3v) is 11.9. The Hall–Kier alpha value is -6.68. The quantitative estimate of drug-likeness (QED) is 0.174. The second-order valence-corrected chi connectivity index (χ2v) is 14.8. The molecule has 0 N–H and O–H groups in total. The fourth-order valence-corrected chi connectivity index (χ4v) is 9.39. The van der Waals surface area contributed by atoms with Crippen LogP contribution in [0.3, 0.4) is 0 Å². The van der Waals surface area contributed by atoms with E-state index in [4.69, 9.17) is 0 Å². The lowest BCUT2D eigenvalue weighted by molar-refractivity contribution is 1.18. The molecule has 0 spiro atoms. The van der Waals surface area contributed by atoms with Crippen LogP contribution in [0.2, 0.25) is 0 Å². The van der Waals surface area contributed by atoms with Gasteiger partial charge in [0, 0.05) is 53.4 Å². The number of anilines is 3. The molecular weight excluding hydrogens is 661 g/mol. The molecule has 2 nitrogen and oxygen atoms in total. The minimum Gasteiger partial charge on any atom is -0.310 e. The molecular formula is C50H32N2S. The van der Waals surface area contributed by atoms with E-state index in [2.05, 4.69) is 204 Å². The van der Waals surface area contributed by atoms with Crippen LogP contribution in [0.4, 0.5) is 17.1 Å². The first kappa shape index (κ1) is 30.0. The minimum atomic E-state index is 1.12. The Morgan fingerprint density at radius 2 is 0.981 bits per heavy atom. The number of nitrogens with zero attached hydrogens (tertiary/aromatic N) is 2. The predicted octanol–water partition coefficient (Wildman–Crippen LogP) is 14.6. The first-order valence-electron chi connectivity index (χ1n) is 18.1. The highest BCUT2D eigenvalue weighted by Crippen LogP contribution is 2.43. The first-order chi connectivity index (χ1) is 26.3. The maximum Gasteiger partial charge on any atom is 0.0547 e. The molecule has 0 atom stereocenters. The number of fused-ring (bicyclic) bond motifs is 9. The number of aromatic nitrogens is 1. The van der Waals surface area contributed by atoms with Gasteiger partial charge >= 0.3 is 0 Å². The van der Waals surface area contributed by atoms with Crippen molar-refractivity contribution in [3.8, 4) is 16.8 Å². The lowest BCUT2D eigenvalue weighted by Crippen LogP contribution is -2.10. The van der Waals surface area contributed by atoms with Gasteiger partial charge in [0.1, 0.15) is 0 Å².